The van der Waals surface area contributed by atoms with Gasteiger partial charge in [0.25, 0.3) is 5.69 Å². The summed E-state index contributed by atoms with van der Waals surface area (Å²) in [5.41, 5.74) is 1.79. The molecule has 0 aromatic heterocycles. The maximum Gasteiger partial charge on any atom is 0.270 e. The van der Waals surface area contributed by atoms with Crippen molar-refractivity contribution in [1.29, 1.82) is 0 Å². The van der Waals surface area contributed by atoms with E-state index in [1.165, 1.54) is 18.2 Å². The Morgan fingerprint density at radius 3 is 2.48 bits per heavy atom. The summed E-state index contributed by atoms with van der Waals surface area (Å²) in [5, 5.41) is 10.7. The van der Waals surface area contributed by atoms with E-state index in [1.54, 1.807) is 0 Å². The normalized spacial score (nSPS) is 11.3. The largest absolute Gasteiger partial charge is 0.270 e. The van der Waals surface area contributed by atoms with Crippen LogP contribution in [0.2, 0.25) is 0 Å². The van der Waals surface area contributed by atoms with Gasteiger partial charge >= 0.3 is 0 Å². The fourth-order valence-corrected chi connectivity index (χ4v) is 3.35. The lowest BCUT2D eigenvalue weighted by atomic mass is 10.1. The van der Waals surface area contributed by atoms with Gasteiger partial charge in [0.2, 0.25) is 0 Å². The summed E-state index contributed by atoms with van der Waals surface area (Å²) in [4.78, 5) is 10.1. The van der Waals surface area contributed by atoms with Gasteiger partial charge in [0.15, 0.2) is 9.84 Å². The highest BCUT2D eigenvalue weighted by Gasteiger charge is 2.17. The van der Waals surface area contributed by atoms with Gasteiger partial charge in [0.05, 0.1) is 15.6 Å². The average molecular weight is 305 g/mol. The highest BCUT2D eigenvalue weighted by molar-refractivity contribution is 7.91. The molecule has 0 radical (unpaired) electrons. The molecule has 0 aliphatic rings. The Labute approximate surface area is 123 Å². The van der Waals surface area contributed by atoms with Gasteiger partial charge in [-0.15, -0.1) is 0 Å². The van der Waals surface area contributed by atoms with E-state index in [2.05, 4.69) is 0 Å². The van der Waals surface area contributed by atoms with Crippen LogP contribution in [0.1, 0.15) is 11.1 Å². The van der Waals surface area contributed by atoms with E-state index < -0.39 is 14.8 Å². The van der Waals surface area contributed by atoms with Crippen LogP contribution in [-0.4, -0.2) is 19.1 Å². The molecular formula is C15H15NO4S. The lowest BCUT2D eigenvalue weighted by molar-refractivity contribution is -0.385. The van der Waals surface area contributed by atoms with Gasteiger partial charge in [0, 0.05) is 12.1 Å². The molecule has 0 unspecified atom stereocenters. The third-order valence-corrected chi connectivity index (χ3v) is 4.84. The molecule has 0 heterocycles. The number of aryl methyl sites for hydroxylation is 2. The first-order valence-electron chi connectivity index (χ1n) is 6.41. The van der Waals surface area contributed by atoms with E-state index in [0.717, 1.165) is 17.2 Å². The maximum absolute atomic E-state index is 12.2. The molecule has 0 N–H and O–H groups in total. The van der Waals surface area contributed by atoms with Crippen molar-refractivity contribution in [3.05, 3.63) is 69.8 Å². The summed E-state index contributed by atoms with van der Waals surface area (Å²) in [6, 6.07) is 12.8. The molecule has 21 heavy (non-hydrogen) atoms. The number of nitrogens with zero attached hydrogens (tertiary/aromatic N) is 1. The lowest BCUT2D eigenvalue weighted by Crippen LogP contribution is -2.09. The Hall–Kier alpha value is -2.21. The number of hydrogen-bond donors (Lipinski definition) is 0. The molecule has 0 bridgehead atoms. The van der Waals surface area contributed by atoms with Crippen LogP contribution in [0.25, 0.3) is 0 Å². The molecule has 6 heteroatoms. The quantitative estimate of drug-likeness (QED) is 0.628. The summed E-state index contributed by atoms with van der Waals surface area (Å²) in [5.74, 6) is -0.0718. The molecule has 0 spiro atoms. The third-order valence-electron chi connectivity index (χ3n) is 3.13. The number of hydrogen-bond acceptors (Lipinski definition) is 4. The number of nitro benzene ring substituents is 1. The predicted octanol–water partition coefficient (Wildman–Crippen LogP) is 2.92. The summed E-state index contributed by atoms with van der Waals surface area (Å²) in [7, 11) is -3.53. The van der Waals surface area contributed by atoms with Crippen molar-refractivity contribution < 1.29 is 13.3 Å². The second-order valence-electron chi connectivity index (χ2n) is 4.81. The van der Waals surface area contributed by atoms with Crippen LogP contribution in [0.4, 0.5) is 5.69 Å². The van der Waals surface area contributed by atoms with Crippen LogP contribution in [0, 0.1) is 17.0 Å². The van der Waals surface area contributed by atoms with E-state index in [9.17, 15) is 18.5 Å². The predicted molar refractivity (Wildman–Crippen MR) is 80.0 cm³/mol. The van der Waals surface area contributed by atoms with Gasteiger partial charge in [-0.1, -0.05) is 35.9 Å². The van der Waals surface area contributed by atoms with E-state index in [4.69, 9.17) is 0 Å². The van der Waals surface area contributed by atoms with Crippen molar-refractivity contribution in [3.8, 4) is 0 Å². The van der Waals surface area contributed by atoms with Crippen LogP contribution >= 0.6 is 0 Å². The van der Waals surface area contributed by atoms with Crippen molar-refractivity contribution in [2.75, 3.05) is 5.75 Å². The van der Waals surface area contributed by atoms with Crippen LogP contribution in [0.3, 0.4) is 0 Å². The van der Waals surface area contributed by atoms with Crippen LogP contribution in [0.5, 0.6) is 0 Å². The zero-order valence-electron chi connectivity index (χ0n) is 11.5. The minimum absolute atomic E-state index is 0.00986. The minimum Gasteiger partial charge on any atom is -0.258 e. The Morgan fingerprint density at radius 2 is 1.81 bits per heavy atom. The van der Waals surface area contributed by atoms with Crippen molar-refractivity contribution in [3.63, 3.8) is 0 Å². The van der Waals surface area contributed by atoms with Crippen molar-refractivity contribution >= 4 is 15.5 Å². The van der Waals surface area contributed by atoms with Crippen LogP contribution in [0.15, 0.2) is 53.4 Å². The van der Waals surface area contributed by atoms with Crippen molar-refractivity contribution in [2.24, 2.45) is 0 Å². The second kappa shape index (κ2) is 6.05. The van der Waals surface area contributed by atoms with Gasteiger partial charge in [-0.3, -0.25) is 10.1 Å². The summed E-state index contributed by atoms with van der Waals surface area (Å²) in [6.07, 6.45) is 0.382. The number of rotatable bonds is 5. The smallest absolute Gasteiger partial charge is 0.258 e. The Bertz CT molecular complexity index is 769. The minimum atomic E-state index is -3.53. The fourth-order valence-electron chi connectivity index (χ4n) is 2.03. The number of benzene rings is 2. The molecule has 110 valence electrons. The molecule has 0 saturated carbocycles. The molecule has 0 amide bonds. The van der Waals surface area contributed by atoms with Gasteiger partial charge < -0.3 is 0 Å². The lowest BCUT2D eigenvalue weighted by Gasteiger charge is -2.05. The third kappa shape index (κ3) is 3.88. The maximum atomic E-state index is 12.2. The molecule has 2 rings (SSSR count). The van der Waals surface area contributed by atoms with Gasteiger partial charge in [-0.2, -0.15) is 0 Å². The van der Waals surface area contributed by atoms with Crippen molar-refractivity contribution in [2.45, 2.75) is 18.2 Å². The number of sulfone groups is 1. The van der Waals surface area contributed by atoms with E-state index in [1.807, 2.05) is 31.2 Å². The Balaban J connectivity index is 2.19. The van der Waals surface area contributed by atoms with Crippen molar-refractivity contribution in [1.82, 2.24) is 0 Å². The summed E-state index contributed by atoms with van der Waals surface area (Å²) < 4.78 is 24.5. The Morgan fingerprint density at radius 1 is 1.10 bits per heavy atom. The fraction of sp³-hybridized carbons (Fsp3) is 0.200. The molecule has 0 aliphatic heterocycles. The average Bonchev–Trinajstić information content (AvgIpc) is 2.45. The molecule has 2 aromatic carbocycles. The topological polar surface area (TPSA) is 77.3 Å². The van der Waals surface area contributed by atoms with E-state index in [-0.39, 0.29) is 16.3 Å². The van der Waals surface area contributed by atoms with Gasteiger partial charge in [-0.05, 0) is 25.0 Å². The zero-order chi connectivity index (χ0) is 15.5. The highest BCUT2D eigenvalue weighted by Crippen LogP contribution is 2.19. The van der Waals surface area contributed by atoms with Crippen LogP contribution in [-0.2, 0) is 16.3 Å². The second-order valence-corrected chi connectivity index (χ2v) is 6.92. The molecule has 0 saturated heterocycles. The molecule has 0 aliphatic carbocycles. The van der Waals surface area contributed by atoms with E-state index >= 15 is 0 Å². The molecule has 5 nitrogen and oxygen atoms in total. The summed E-state index contributed by atoms with van der Waals surface area (Å²) >= 11 is 0. The SMILES string of the molecule is Cc1cccc(CCS(=O)(=O)c2cccc([N+](=O)[O-])c2)c1. The highest BCUT2D eigenvalue weighted by atomic mass is 32.2. The standard InChI is InChI=1S/C15H15NO4S/c1-12-4-2-5-13(10-12)8-9-21(19,20)15-7-3-6-14(11-15)16(17)18/h2-7,10-11H,8-9H2,1H3. The monoisotopic (exact) mass is 305 g/mol. The molecule has 0 atom stereocenters. The van der Waals surface area contributed by atoms with Crippen LogP contribution < -0.4 is 0 Å². The number of nitro groups is 1. The number of non-ortho nitro benzene ring substituents is 1. The van der Waals surface area contributed by atoms with Gasteiger partial charge in [-0.25, -0.2) is 8.42 Å². The first-order valence-corrected chi connectivity index (χ1v) is 8.06. The molecule has 2 aromatic rings. The zero-order valence-corrected chi connectivity index (χ0v) is 12.3. The van der Waals surface area contributed by atoms with E-state index in [0.29, 0.717) is 6.42 Å². The molecular weight excluding hydrogens is 290 g/mol. The molecule has 0 fully saturated rings. The Kier molecular flexibility index (Phi) is 4.37. The summed E-state index contributed by atoms with van der Waals surface area (Å²) in [6.45, 7) is 1.94. The first-order chi connectivity index (χ1) is 9.88. The van der Waals surface area contributed by atoms with Gasteiger partial charge in [0.1, 0.15) is 0 Å². The first kappa shape index (κ1) is 15.2.